The zero-order valence-electron chi connectivity index (χ0n) is 18.9. The predicted octanol–water partition coefficient (Wildman–Crippen LogP) is 4.53. The van der Waals surface area contributed by atoms with E-state index in [1.54, 1.807) is 49.7 Å². The molecule has 1 aromatic heterocycles. The second-order valence-corrected chi connectivity index (χ2v) is 8.03. The summed E-state index contributed by atoms with van der Waals surface area (Å²) in [6.07, 6.45) is 3.98. The van der Waals surface area contributed by atoms with Crippen LogP contribution in [0.2, 0.25) is 0 Å². The number of rotatable bonds is 6. The van der Waals surface area contributed by atoms with Gasteiger partial charge in [-0.2, -0.15) is 0 Å². The summed E-state index contributed by atoms with van der Waals surface area (Å²) < 4.78 is 10.9. The monoisotopic (exact) mass is 445 g/mol. The molecule has 4 rings (SSSR count). The molecule has 2 heterocycles. The van der Waals surface area contributed by atoms with E-state index in [-0.39, 0.29) is 18.2 Å². The topological polar surface area (TPSA) is 80.8 Å². The van der Waals surface area contributed by atoms with Gasteiger partial charge in [-0.15, -0.1) is 0 Å². The van der Waals surface area contributed by atoms with Crippen LogP contribution in [-0.2, 0) is 9.59 Å². The first kappa shape index (κ1) is 22.3. The first-order valence-corrected chi connectivity index (χ1v) is 10.8. The molecular formula is C26H27N3O4. The van der Waals surface area contributed by atoms with Crippen LogP contribution in [-0.4, -0.2) is 31.0 Å². The first-order chi connectivity index (χ1) is 16.0. The van der Waals surface area contributed by atoms with Crippen LogP contribution in [0.15, 0.2) is 67.0 Å². The van der Waals surface area contributed by atoms with Crippen LogP contribution in [0.25, 0.3) is 0 Å². The summed E-state index contributed by atoms with van der Waals surface area (Å²) in [5.41, 5.74) is 3.26. The molecule has 1 fully saturated rings. The number of aromatic nitrogens is 1. The van der Waals surface area contributed by atoms with Gasteiger partial charge in [0.25, 0.3) is 0 Å². The van der Waals surface area contributed by atoms with Gasteiger partial charge in [-0.25, -0.2) is 0 Å². The number of aryl methyl sites for hydroxylation is 1. The van der Waals surface area contributed by atoms with Crippen molar-refractivity contribution in [1.82, 2.24) is 4.98 Å². The SMILES string of the molecule is COc1ccc([C@@H]2[C@@H](C(=O)Nc3cccnc3)CCC(=O)N2c2ccc(C)cc2)cc1OC. The van der Waals surface area contributed by atoms with Gasteiger partial charge in [0, 0.05) is 18.3 Å². The van der Waals surface area contributed by atoms with E-state index >= 15 is 0 Å². The molecule has 7 heteroatoms. The Labute approximate surface area is 193 Å². The average Bonchev–Trinajstić information content (AvgIpc) is 2.84. The average molecular weight is 446 g/mol. The number of carbonyl (C=O) groups is 2. The van der Waals surface area contributed by atoms with Gasteiger partial charge in [-0.05, 0) is 55.3 Å². The summed E-state index contributed by atoms with van der Waals surface area (Å²) in [6.45, 7) is 2.00. The minimum absolute atomic E-state index is 0.0240. The number of methoxy groups -OCH3 is 2. The third-order valence-corrected chi connectivity index (χ3v) is 5.92. The van der Waals surface area contributed by atoms with Gasteiger partial charge < -0.3 is 19.7 Å². The lowest BCUT2D eigenvalue weighted by Gasteiger charge is -2.41. The number of hydrogen-bond donors (Lipinski definition) is 1. The predicted molar refractivity (Wildman–Crippen MR) is 127 cm³/mol. The number of amides is 2. The molecule has 0 bridgehead atoms. The van der Waals surface area contributed by atoms with E-state index in [4.69, 9.17) is 9.47 Å². The molecule has 7 nitrogen and oxygen atoms in total. The van der Waals surface area contributed by atoms with Gasteiger partial charge in [0.05, 0.1) is 38.1 Å². The van der Waals surface area contributed by atoms with Crippen LogP contribution in [0.1, 0.15) is 30.0 Å². The van der Waals surface area contributed by atoms with Crippen molar-refractivity contribution in [3.05, 3.63) is 78.1 Å². The number of ether oxygens (including phenoxy) is 2. The lowest BCUT2D eigenvalue weighted by Crippen LogP contribution is -2.47. The lowest BCUT2D eigenvalue weighted by atomic mass is 9.83. The van der Waals surface area contributed by atoms with E-state index in [1.807, 2.05) is 43.3 Å². The molecule has 3 aromatic rings. The lowest BCUT2D eigenvalue weighted by molar-refractivity contribution is -0.125. The number of nitrogens with one attached hydrogen (secondary N) is 1. The van der Waals surface area contributed by atoms with Crippen molar-refractivity contribution < 1.29 is 19.1 Å². The summed E-state index contributed by atoms with van der Waals surface area (Å²) in [6, 6.07) is 16.4. The Kier molecular flexibility index (Phi) is 6.58. The van der Waals surface area contributed by atoms with Crippen molar-refractivity contribution in [3.63, 3.8) is 0 Å². The van der Waals surface area contributed by atoms with E-state index in [0.717, 1.165) is 16.8 Å². The molecular weight excluding hydrogens is 418 g/mol. The molecule has 1 saturated heterocycles. The van der Waals surface area contributed by atoms with Crippen molar-refractivity contribution in [2.45, 2.75) is 25.8 Å². The van der Waals surface area contributed by atoms with Gasteiger partial charge >= 0.3 is 0 Å². The molecule has 1 aliphatic heterocycles. The third kappa shape index (κ3) is 4.67. The maximum absolute atomic E-state index is 13.4. The maximum atomic E-state index is 13.4. The zero-order valence-corrected chi connectivity index (χ0v) is 18.9. The molecule has 0 radical (unpaired) electrons. The molecule has 33 heavy (non-hydrogen) atoms. The molecule has 2 atom stereocenters. The van der Waals surface area contributed by atoms with Gasteiger partial charge in [-0.1, -0.05) is 23.8 Å². The summed E-state index contributed by atoms with van der Waals surface area (Å²) in [7, 11) is 3.14. The van der Waals surface area contributed by atoms with Crippen LogP contribution in [0.4, 0.5) is 11.4 Å². The minimum Gasteiger partial charge on any atom is -0.493 e. The fourth-order valence-electron chi connectivity index (χ4n) is 4.27. The van der Waals surface area contributed by atoms with Crippen molar-refractivity contribution in [1.29, 1.82) is 0 Å². The Hall–Kier alpha value is -3.87. The maximum Gasteiger partial charge on any atom is 0.229 e. The highest BCUT2D eigenvalue weighted by molar-refractivity contribution is 6.00. The van der Waals surface area contributed by atoms with Crippen LogP contribution in [0.5, 0.6) is 11.5 Å². The summed E-state index contributed by atoms with van der Waals surface area (Å²) in [4.78, 5) is 32.4. The molecule has 1 aliphatic rings. The Bertz CT molecular complexity index is 1130. The Balaban J connectivity index is 1.78. The van der Waals surface area contributed by atoms with E-state index in [1.165, 1.54) is 0 Å². The van der Waals surface area contributed by atoms with Gasteiger partial charge in [0.1, 0.15) is 0 Å². The fraction of sp³-hybridized carbons (Fsp3) is 0.269. The smallest absolute Gasteiger partial charge is 0.229 e. The first-order valence-electron chi connectivity index (χ1n) is 10.8. The van der Waals surface area contributed by atoms with Gasteiger partial charge in [0.2, 0.25) is 11.8 Å². The summed E-state index contributed by atoms with van der Waals surface area (Å²) in [5, 5.41) is 2.96. The third-order valence-electron chi connectivity index (χ3n) is 5.92. The molecule has 0 saturated carbocycles. The van der Waals surface area contributed by atoms with Crippen LogP contribution < -0.4 is 19.7 Å². The summed E-state index contributed by atoms with van der Waals surface area (Å²) in [5.74, 6) is 0.476. The summed E-state index contributed by atoms with van der Waals surface area (Å²) >= 11 is 0. The molecule has 0 aliphatic carbocycles. The molecule has 170 valence electrons. The normalized spacial score (nSPS) is 18.0. The number of hydrogen-bond acceptors (Lipinski definition) is 5. The molecule has 2 amide bonds. The minimum atomic E-state index is -0.509. The van der Waals surface area contributed by atoms with E-state index in [2.05, 4.69) is 10.3 Å². The van der Waals surface area contributed by atoms with Crippen molar-refractivity contribution in [2.24, 2.45) is 5.92 Å². The highest BCUT2D eigenvalue weighted by Crippen LogP contribution is 2.42. The number of piperidine rings is 1. The zero-order chi connectivity index (χ0) is 23.4. The van der Waals surface area contributed by atoms with E-state index < -0.39 is 12.0 Å². The standard InChI is InChI=1S/C26H27N3O4/c1-17-6-9-20(10-7-17)29-24(30)13-11-21(26(31)28-19-5-4-14-27-16-19)25(29)18-8-12-22(32-2)23(15-18)33-3/h4-10,12,14-16,21,25H,11,13H2,1-3H3,(H,28,31)/t21-,25+/m0/s1. The van der Waals surface area contributed by atoms with E-state index in [0.29, 0.717) is 23.6 Å². The number of anilines is 2. The fourth-order valence-corrected chi connectivity index (χ4v) is 4.27. The van der Waals surface area contributed by atoms with Crippen molar-refractivity contribution in [2.75, 3.05) is 24.4 Å². The Morgan fingerprint density at radius 1 is 1.06 bits per heavy atom. The van der Waals surface area contributed by atoms with Crippen LogP contribution >= 0.6 is 0 Å². The number of carbonyl (C=O) groups excluding carboxylic acids is 2. The number of pyridine rings is 1. The molecule has 2 aromatic carbocycles. The second kappa shape index (κ2) is 9.73. The highest BCUT2D eigenvalue weighted by Gasteiger charge is 2.41. The van der Waals surface area contributed by atoms with Crippen molar-refractivity contribution >= 4 is 23.2 Å². The Morgan fingerprint density at radius 3 is 2.48 bits per heavy atom. The molecule has 0 unspecified atom stereocenters. The van der Waals surface area contributed by atoms with Gasteiger partial charge in [-0.3, -0.25) is 14.6 Å². The van der Waals surface area contributed by atoms with Gasteiger partial charge in [0.15, 0.2) is 11.5 Å². The largest absolute Gasteiger partial charge is 0.493 e. The Morgan fingerprint density at radius 2 is 1.82 bits per heavy atom. The number of nitrogens with zero attached hydrogens (tertiary/aromatic N) is 2. The number of benzene rings is 2. The molecule has 1 N–H and O–H groups in total. The highest BCUT2D eigenvalue weighted by atomic mass is 16.5. The second-order valence-electron chi connectivity index (χ2n) is 8.03. The molecule has 0 spiro atoms. The van der Waals surface area contributed by atoms with E-state index in [9.17, 15) is 9.59 Å². The van der Waals surface area contributed by atoms with Crippen molar-refractivity contribution in [3.8, 4) is 11.5 Å². The van der Waals surface area contributed by atoms with Crippen LogP contribution in [0, 0.1) is 12.8 Å². The van der Waals surface area contributed by atoms with Crippen LogP contribution in [0.3, 0.4) is 0 Å². The quantitative estimate of drug-likeness (QED) is 0.603.